The molecule has 2 aromatic rings. The van der Waals surface area contributed by atoms with Gasteiger partial charge in [-0.3, -0.25) is 4.79 Å². The number of hydrogen-bond acceptors (Lipinski definition) is 3. The average Bonchev–Trinajstić information content (AvgIpc) is 2.78. The first-order chi connectivity index (χ1) is 8.65. The first-order valence-electron chi connectivity index (χ1n) is 5.57. The molecule has 2 rings (SSSR count). The van der Waals surface area contributed by atoms with Crippen LogP contribution in [0.15, 0.2) is 40.9 Å². The fourth-order valence-electron chi connectivity index (χ4n) is 1.50. The summed E-state index contributed by atoms with van der Waals surface area (Å²) in [4.78, 5) is 13.7. The molecule has 0 spiro atoms. The van der Waals surface area contributed by atoms with Crippen LogP contribution in [0, 0.1) is 6.92 Å². The molecule has 0 fully saturated rings. The van der Waals surface area contributed by atoms with Gasteiger partial charge in [0.05, 0.1) is 11.5 Å². The SMILES string of the molecule is Cc1ccc(C(=O)COCc2ccc(Br)cc2)s1. The molecule has 4 heteroatoms. The summed E-state index contributed by atoms with van der Waals surface area (Å²) < 4.78 is 6.47. The molecular formula is C14H13BrO2S. The van der Waals surface area contributed by atoms with Crippen molar-refractivity contribution in [2.75, 3.05) is 6.61 Å². The van der Waals surface area contributed by atoms with Crippen LogP contribution in [0.3, 0.4) is 0 Å². The van der Waals surface area contributed by atoms with E-state index in [1.54, 1.807) is 0 Å². The molecule has 1 heterocycles. The molecule has 0 radical (unpaired) electrons. The normalized spacial score (nSPS) is 10.6. The molecule has 0 aliphatic rings. The molecule has 0 saturated heterocycles. The van der Waals surface area contributed by atoms with Crippen LogP contribution in [0.4, 0.5) is 0 Å². The van der Waals surface area contributed by atoms with Crippen molar-refractivity contribution in [3.05, 3.63) is 56.2 Å². The Morgan fingerprint density at radius 2 is 1.94 bits per heavy atom. The maximum atomic E-state index is 11.8. The second kappa shape index (κ2) is 6.27. The summed E-state index contributed by atoms with van der Waals surface area (Å²) in [5.41, 5.74) is 1.06. The van der Waals surface area contributed by atoms with Crippen LogP contribution in [0.1, 0.15) is 20.1 Å². The predicted octanol–water partition coefficient (Wildman–Crippen LogP) is 4.22. The Morgan fingerprint density at radius 3 is 2.56 bits per heavy atom. The lowest BCUT2D eigenvalue weighted by Crippen LogP contribution is -2.07. The summed E-state index contributed by atoms with van der Waals surface area (Å²) in [6, 6.07) is 11.7. The lowest BCUT2D eigenvalue weighted by Gasteiger charge is -2.03. The number of carbonyl (C=O) groups is 1. The molecule has 2 nitrogen and oxygen atoms in total. The Kier molecular flexibility index (Phi) is 4.69. The third-order valence-electron chi connectivity index (χ3n) is 2.43. The van der Waals surface area contributed by atoms with Crippen LogP contribution in [0.5, 0.6) is 0 Å². The third-order valence-corrected chi connectivity index (χ3v) is 4.00. The molecule has 0 atom stereocenters. The van der Waals surface area contributed by atoms with E-state index >= 15 is 0 Å². The van der Waals surface area contributed by atoms with Gasteiger partial charge in [-0.25, -0.2) is 0 Å². The summed E-state index contributed by atoms with van der Waals surface area (Å²) in [5.74, 6) is 0.0465. The van der Waals surface area contributed by atoms with E-state index in [-0.39, 0.29) is 12.4 Å². The largest absolute Gasteiger partial charge is 0.369 e. The van der Waals surface area contributed by atoms with Crippen molar-refractivity contribution in [3.8, 4) is 0 Å². The zero-order valence-electron chi connectivity index (χ0n) is 9.98. The van der Waals surface area contributed by atoms with Crippen LogP contribution in [-0.2, 0) is 11.3 Å². The van der Waals surface area contributed by atoms with E-state index < -0.39 is 0 Å². The number of Topliss-reactive ketones (excluding diaryl/α,β-unsaturated/α-hetero) is 1. The van der Waals surface area contributed by atoms with Crippen LogP contribution < -0.4 is 0 Å². The number of benzene rings is 1. The molecule has 0 saturated carbocycles. The summed E-state index contributed by atoms with van der Waals surface area (Å²) in [6.45, 7) is 2.59. The minimum Gasteiger partial charge on any atom is -0.369 e. The second-order valence-electron chi connectivity index (χ2n) is 3.95. The van der Waals surface area contributed by atoms with E-state index in [2.05, 4.69) is 15.9 Å². The average molecular weight is 325 g/mol. The zero-order chi connectivity index (χ0) is 13.0. The van der Waals surface area contributed by atoms with E-state index in [0.717, 1.165) is 19.8 Å². The smallest absolute Gasteiger partial charge is 0.198 e. The molecule has 0 aliphatic carbocycles. The van der Waals surface area contributed by atoms with Gasteiger partial charge in [-0.1, -0.05) is 28.1 Å². The van der Waals surface area contributed by atoms with Crippen LogP contribution in [0.25, 0.3) is 0 Å². The van der Waals surface area contributed by atoms with Crippen LogP contribution in [0.2, 0.25) is 0 Å². The first-order valence-corrected chi connectivity index (χ1v) is 7.18. The number of hydrogen-bond donors (Lipinski definition) is 0. The molecule has 0 amide bonds. The summed E-state index contributed by atoms with van der Waals surface area (Å²) in [5, 5.41) is 0. The fraction of sp³-hybridized carbons (Fsp3) is 0.214. The summed E-state index contributed by atoms with van der Waals surface area (Å²) >= 11 is 4.88. The lowest BCUT2D eigenvalue weighted by molar-refractivity contribution is 0.0730. The van der Waals surface area contributed by atoms with Crippen molar-refractivity contribution in [3.63, 3.8) is 0 Å². The van der Waals surface area contributed by atoms with Gasteiger partial charge in [0.1, 0.15) is 6.61 Å². The van der Waals surface area contributed by atoms with Gasteiger partial charge in [0.2, 0.25) is 0 Å². The van der Waals surface area contributed by atoms with Gasteiger partial charge < -0.3 is 4.74 Å². The highest BCUT2D eigenvalue weighted by Crippen LogP contribution is 2.16. The van der Waals surface area contributed by atoms with Crippen molar-refractivity contribution < 1.29 is 9.53 Å². The van der Waals surface area contributed by atoms with Gasteiger partial charge in [0.15, 0.2) is 5.78 Å². The molecule has 0 bridgehead atoms. The quantitative estimate of drug-likeness (QED) is 0.770. The van der Waals surface area contributed by atoms with E-state index in [0.29, 0.717) is 6.61 Å². The maximum Gasteiger partial charge on any atom is 0.198 e. The molecular weight excluding hydrogens is 312 g/mol. The Bertz CT molecular complexity index is 531. The maximum absolute atomic E-state index is 11.8. The monoisotopic (exact) mass is 324 g/mol. The number of aryl methyl sites for hydroxylation is 1. The first kappa shape index (κ1) is 13.5. The number of carbonyl (C=O) groups excluding carboxylic acids is 1. The van der Waals surface area contributed by atoms with E-state index in [1.165, 1.54) is 11.3 Å². The van der Waals surface area contributed by atoms with Gasteiger partial charge in [0.25, 0.3) is 0 Å². The van der Waals surface area contributed by atoms with Gasteiger partial charge >= 0.3 is 0 Å². The molecule has 1 aromatic heterocycles. The second-order valence-corrected chi connectivity index (χ2v) is 6.16. The fourth-order valence-corrected chi connectivity index (χ4v) is 2.55. The summed E-state index contributed by atoms with van der Waals surface area (Å²) in [7, 11) is 0. The lowest BCUT2D eigenvalue weighted by atomic mass is 10.2. The highest BCUT2D eigenvalue weighted by molar-refractivity contribution is 9.10. The molecule has 1 aromatic carbocycles. The topological polar surface area (TPSA) is 26.3 Å². The predicted molar refractivity (Wildman–Crippen MR) is 77.2 cm³/mol. The highest BCUT2D eigenvalue weighted by Gasteiger charge is 2.08. The van der Waals surface area contributed by atoms with Crippen molar-refractivity contribution >= 4 is 33.0 Å². The minimum absolute atomic E-state index is 0.0465. The number of ether oxygens (including phenoxy) is 1. The van der Waals surface area contributed by atoms with Crippen LogP contribution >= 0.6 is 27.3 Å². The van der Waals surface area contributed by atoms with E-state index in [1.807, 2.05) is 43.3 Å². The molecule has 18 heavy (non-hydrogen) atoms. The Hall–Kier alpha value is -0.970. The number of thiophene rings is 1. The van der Waals surface area contributed by atoms with Gasteiger partial charge in [-0.2, -0.15) is 0 Å². The molecule has 0 unspecified atom stereocenters. The Morgan fingerprint density at radius 1 is 1.22 bits per heavy atom. The van der Waals surface area contributed by atoms with Crippen LogP contribution in [-0.4, -0.2) is 12.4 Å². The van der Waals surface area contributed by atoms with E-state index in [9.17, 15) is 4.79 Å². The number of rotatable bonds is 5. The Labute approximate surface area is 119 Å². The van der Waals surface area contributed by atoms with Gasteiger partial charge in [-0.15, -0.1) is 11.3 Å². The standard InChI is InChI=1S/C14H13BrO2S/c1-10-2-7-14(18-10)13(16)9-17-8-11-3-5-12(15)6-4-11/h2-7H,8-9H2,1H3. The minimum atomic E-state index is 0.0465. The summed E-state index contributed by atoms with van der Waals surface area (Å²) in [6.07, 6.45) is 0. The molecule has 94 valence electrons. The molecule has 0 aliphatic heterocycles. The van der Waals surface area contributed by atoms with Crippen molar-refractivity contribution in [2.24, 2.45) is 0 Å². The van der Waals surface area contributed by atoms with E-state index in [4.69, 9.17) is 4.74 Å². The van der Waals surface area contributed by atoms with Crippen molar-refractivity contribution in [2.45, 2.75) is 13.5 Å². The number of ketones is 1. The highest BCUT2D eigenvalue weighted by atomic mass is 79.9. The number of halogens is 1. The molecule has 0 N–H and O–H groups in total. The van der Waals surface area contributed by atoms with Crippen molar-refractivity contribution in [1.82, 2.24) is 0 Å². The van der Waals surface area contributed by atoms with Gasteiger partial charge in [-0.05, 0) is 36.8 Å². The Balaban J connectivity index is 1.82. The van der Waals surface area contributed by atoms with Crippen molar-refractivity contribution in [1.29, 1.82) is 0 Å². The van der Waals surface area contributed by atoms with Gasteiger partial charge in [0, 0.05) is 9.35 Å². The third kappa shape index (κ3) is 3.77. The zero-order valence-corrected chi connectivity index (χ0v) is 12.4.